The largest absolute Gasteiger partial charge is 0.385 e. The molecule has 0 saturated carbocycles. The van der Waals surface area contributed by atoms with E-state index in [4.69, 9.17) is 0 Å². The molecule has 23 heavy (non-hydrogen) atoms. The zero-order valence-electron chi connectivity index (χ0n) is 13.1. The molecule has 1 aliphatic rings. The molecular weight excluding hydrogens is 354 g/mol. The topological polar surface area (TPSA) is 40.5 Å². The van der Waals surface area contributed by atoms with Gasteiger partial charge in [-0.1, -0.05) is 45.8 Å². The maximum absolute atomic E-state index is 12.5. The number of halogens is 1. The van der Waals surface area contributed by atoms with Crippen LogP contribution in [0.3, 0.4) is 0 Å². The van der Waals surface area contributed by atoms with Crippen LogP contribution in [0.2, 0.25) is 0 Å². The molecule has 0 atom stereocenters. The number of likely N-dealkylation sites (tertiary alicyclic amines) is 1. The lowest BCUT2D eigenvalue weighted by molar-refractivity contribution is -0.0211. The van der Waals surface area contributed by atoms with Crippen LogP contribution in [0.5, 0.6) is 0 Å². The van der Waals surface area contributed by atoms with E-state index in [1.54, 1.807) is 0 Å². The van der Waals surface area contributed by atoms with Crippen molar-refractivity contribution < 1.29 is 9.90 Å². The summed E-state index contributed by atoms with van der Waals surface area (Å²) in [5.74, 6) is 0.0443. The summed E-state index contributed by atoms with van der Waals surface area (Å²) in [7, 11) is 0. The van der Waals surface area contributed by atoms with Gasteiger partial charge in [0.2, 0.25) is 0 Å². The number of carbonyl (C=O) groups excluding carboxylic acids is 1. The summed E-state index contributed by atoms with van der Waals surface area (Å²) in [5, 5.41) is 10.9. The Balaban J connectivity index is 1.69. The van der Waals surface area contributed by atoms with Crippen LogP contribution in [-0.2, 0) is 5.60 Å². The first kappa shape index (κ1) is 16.2. The van der Waals surface area contributed by atoms with Crippen molar-refractivity contribution in [2.75, 3.05) is 13.1 Å². The SMILES string of the molecule is Cc1ccc(C(=O)N2CCC(O)(c3ccc(Br)cc3)CC2)cc1. The zero-order valence-corrected chi connectivity index (χ0v) is 14.7. The second-order valence-electron chi connectivity index (χ2n) is 6.20. The second-order valence-corrected chi connectivity index (χ2v) is 7.11. The maximum Gasteiger partial charge on any atom is 0.253 e. The number of hydrogen-bond acceptors (Lipinski definition) is 2. The van der Waals surface area contributed by atoms with Gasteiger partial charge < -0.3 is 10.0 Å². The molecule has 1 N–H and O–H groups in total. The van der Waals surface area contributed by atoms with Crippen LogP contribution in [0.25, 0.3) is 0 Å². The number of carbonyl (C=O) groups is 1. The summed E-state index contributed by atoms with van der Waals surface area (Å²) in [4.78, 5) is 14.4. The van der Waals surface area contributed by atoms with Crippen LogP contribution >= 0.6 is 15.9 Å². The maximum atomic E-state index is 12.5. The van der Waals surface area contributed by atoms with E-state index in [1.807, 2.05) is 60.4 Å². The van der Waals surface area contributed by atoms with Gasteiger partial charge in [0, 0.05) is 23.1 Å². The summed E-state index contributed by atoms with van der Waals surface area (Å²) in [6.45, 7) is 3.14. The van der Waals surface area contributed by atoms with Crippen molar-refractivity contribution in [3.63, 3.8) is 0 Å². The fourth-order valence-electron chi connectivity index (χ4n) is 3.01. The van der Waals surface area contributed by atoms with Crippen molar-refractivity contribution in [2.24, 2.45) is 0 Å². The van der Waals surface area contributed by atoms with Gasteiger partial charge in [-0.05, 0) is 49.6 Å². The number of amides is 1. The predicted octanol–water partition coefficient (Wildman–Crippen LogP) is 3.88. The fourth-order valence-corrected chi connectivity index (χ4v) is 3.27. The molecule has 2 aromatic carbocycles. The van der Waals surface area contributed by atoms with E-state index in [0.29, 0.717) is 31.5 Å². The quantitative estimate of drug-likeness (QED) is 0.867. The summed E-state index contributed by atoms with van der Waals surface area (Å²) in [5.41, 5.74) is 1.93. The number of hydrogen-bond donors (Lipinski definition) is 1. The molecular formula is C19H20BrNO2. The van der Waals surface area contributed by atoms with Crippen molar-refractivity contribution >= 4 is 21.8 Å². The van der Waals surface area contributed by atoms with Crippen LogP contribution in [0.15, 0.2) is 53.0 Å². The molecule has 2 aromatic rings. The van der Waals surface area contributed by atoms with Gasteiger partial charge in [-0.3, -0.25) is 4.79 Å². The van der Waals surface area contributed by atoms with E-state index in [0.717, 1.165) is 15.6 Å². The minimum absolute atomic E-state index is 0.0443. The number of rotatable bonds is 2. The highest BCUT2D eigenvalue weighted by Crippen LogP contribution is 2.33. The molecule has 0 radical (unpaired) electrons. The first-order chi connectivity index (χ1) is 11.0. The first-order valence-corrected chi connectivity index (χ1v) is 8.62. The Kier molecular flexibility index (Phi) is 4.55. The Bertz CT molecular complexity index is 686. The van der Waals surface area contributed by atoms with E-state index in [9.17, 15) is 9.90 Å². The minimum atomic E-state index is -0.843. The zero-order chi connectivity index (χ0) is 16.4. The Morgan fingerprint density at radius 2 is 1.61 bits per heavy atom. The third-order valence-electron chi connectivity index (χ3n) is 4.56. The van der Waals surface area contributed by atoms with Gasteiger partial charge >= 0.3 is 0 Å². The van der Waals surface area contributed by atoms with Crippen molar-refractivity contribution in [3.05, 3.63) is 69.7 Å². The molecule has 1 amide bonds. The molecule has 0 spiro atoms. The molecule has 120 valence electrons. The normalized spacial score (nSPS) is 17.1. The number of piperidine rings is 1. The molecule has 1 heterocycles. The van der Waals surface area contributed by atoms with Crippen molar-refractivity contribution in [1.29, 1.82) is 0 Å². The van der Waals surface area contributed by atoms with E-state index >= 15 is 0 Å². The summed E-state index contributed by atoms with van der Waals surface area (Å²) in [6.07, 6.45) is 1.12. The predicted molar refractivity (Wildman–Crippen MR) is 94.4 cm³/mol. The van der Waals surface area contributed by atoms with Gasteiger partial charge in [-0.25, -0.2) is 0 Å². The highest BCUT2D eigenvalue weighted by atomic mass is 79.9. The Morgan fingerprint density at radius 1 is 1.04 bits per heavy atom. The Labute approximate surface area is 145 Å². The number of benzene rings is 2. The lowest BCUT2D eigenvalue weighted by atomic mass is 9.84. The summed E-state index contributed by atoms with van der Waals surface area (Å²) < 4.78 is 0.997. The van der Waals surface area contributed by atoms with Gasteiger partial charge in [0.1, 0.15) is 0 Å². The monoisotopic (exact) mass is 373 g/mol. The molecule has 0 aromatic heterocycles. The lowest BCUT2D eigenvalue weighted by Gasteiger charge is -2.38. The molecule has 1 aliphatic heterocycles. The van der Waals surface area contributed by atoms with Gasteiger partial charge in [0.15, 0.2) is 0 Å². The van der Waals surface area contributed by atoms with Crippen LogP contribution < -0.4 is 0 Å². The smallest absolute Gasteiger partial charge is 0.253 e. The second kappa shape index (κ2) is 6.46. The molecule has 4 heteroatoms. The highest BCUT2D eigenvalue weighted by molar-refractivity contribution is 9.10. The molecule has 3 nitrogen and oxygen atoms in total. The summed E-state index contributed by atoms with van der Waals surface area (Å²) >= 11 is 3.41. The van der Waals surface area contributed by atoms with Gasteiger partial charge in [0.05, 0.1) is 5.60 Å². The van der Waals surface area contributed by atoms with E-state index in [-0.39, 0.29) is 5.91 Å². The highest BCUT2D eigenvalue weighted by Gasteiger charge is 2.35. The molecule has 0 aliphatic carbocycles. The third kappa shape index (κ3) is 3.48. The fraction of sp³-hybridized carbons (Fsp3) is 0.316. The van der Waals surface area contributed by atoms with Gasteiger partial charge in [0.25, 0.3) is 5.91 Å². The first-order valence-electron chi connectivity index (χ1n) is 7.82. The molecule has 1 saturated heterocycles. The number of aryl methyl sites for hydroxylation is 1. The lowest BCUT2D eigenvalue weighted by Crippen LogP contribution is -2.45. The third-order valence-corrected chi connectivity index (χ3v) is 5.09. The Hall–Kier alpha value is -1.65. The minimum Gasteiger partial charge on any atom is -0.385 e. The van der Waals surface area contributed by atoms with E-state index in [1.165, 1.54) is 0 Å². The average molecular weight is 374 g/mol. The van der Waals surface area contributed by atoms with Crippen molar-refractivity contribution in [2.45, 2.75) is 25.4 Å². The van der Waals surface area contributed by atoms with Gasteiger partial charge in [-0.2, -0.15) is 0 Å². The van der Waals surface area contributed by atoms with Crippen molar-refractivity contribution in [3.8, 4) is 0 Å². The summed E-state index contributed by atoms with van der Waals surface area (Å²) in [6, 6.07) is 15.4. The Morgan fingerprint density at radius 3 is 2.17 bits per heavy atom. The molecule has 3 rings (SSSR count). The van der Waals surface area contributed by atoms with Crippen LogP contribution in [0.1, 0.15) is 34.3 Å². The number of aliphatic hydroxyl groups is 1. The van der Waals surface area contributed by atoms with Crippen LogP contribution in [0.4, 0.5) is 0 Å². The van der Waals surface area contributed by atoms with Crippen molar-refractivity contribution in [1.82, 2.24) is 4.90 Å². The van der Waals surface area contributed by atoms with Crippen LogP contribution in [-0.4, -0.2) is 29.0 Å². The van der Waals surface area contributed by atoms with E-state index in [2.05, 4.69) is 15.9 Å². The molecule has 0 bridgehead atoms. The van der Waals surface area contributed by atoms with Gasteiger partial charge in [-0.15, -0.1) is 0 Å². The van der Waals surface area contributed by atoms with Crippen LogP contribution in [0, 0.1) is 6.92 Å². The molecule has 1 fully saturated rings. The van der Waals surface area contributed by atoms with E-state index < -0.39 is 5.60 Å². The molecule has 0 unspecified atom stereocenters. The number of nitrogens with zero attached hydrogens (tertiary/aromatic N) is 1. The standard InChI is InChI=1S/C19H20BrNO2/c1-14-2-4-15(5-3-14)18(22)21-12-10-19(23,11-13-21)16-6-8-17(20)9-7-16/h2-9,23H,10-13H2,1H3. The average Bonchev–Trinajstić information content (AvgIpc) is 2.56.